The first-order valence-electron chi connectivity index (χ1n) is 7.83. The van der Waals surface area contributed by atoms with Gasteiger partial charge < -0.3 is 29.9 Å². The minimum absolute atomic E-state index is 0.132. The van der Waals surface area contributed by atoms with Crippen molar-refractivity contribution in [1.82, 2.24) is 19.5 Å². The number of nitrogens with zero attached hydrogens (tertiary/aromatic N) is 4. The normalized spacial score (nSPS) is 25.0. The molecular formula is C11H15FN5O10P3. The highest BCUT2D eigenvalue weighted by Gasteiger charge is 2.43. The number of hydrogen-bond donors (Lipinski definition) is 5. The Bertz CT molecular complexity index is 1130. The van der Waals surface area contributed by atoms with Gasteiger partial charge in [-0.25, -0.2) is 33.0 Å². The molecule has 0 aromatic carbocycles. The van der Waals surface area contributed by atoms with Gasteiger partial charge in [-0.05, 0) is 12.0 Å². The van der Waals surface area contributed by atoms with Crippen molar-refractivity contribution in [2.45, 2.75) is 12.5 Å². The zero-order valence-corrected chi connectivity index (χ0v) is 17.3. The molecule has 2 aromatic rings. The first-order valence-corrected chi connectivity index (χ1v) is 12.4. The number of nitrogen functional groups attached to an aromatic ring is 1. The fourth-order valence-electron chi connectivity index (χ4n) is 2.84. The summed E-state index contributed by atoms with van der Waals surface area (Å²) in [7, 11) is -16.4. The van der Waals surface area contributed by atoms with Gasteiger partial charge in [0, 0.05) is 5.92 Å². The molecular weight excluding hydrogens is 474 g/mol. The van der Waals surface area contributed by atoms with E-state index in [2.05, 4.69) is 28.1 Å². The van der Waals surface area contributed by atoms with Gasteiger partial charge in [-0.2, -0.15) is 8.62 Å². The molecule has 6 N–H and O–H groups in total. The largest absolute Gasteiger partial charge is 0.490 e. The molecule has 1 aliphatic carbocycles. The summed E-state index contributed by atoms with van der Waals surface area (Å²) in [5, 5.41) is 0. The van der Waals surface area contributed by atoms with Crippen LogP contribution in [0.15, 0.2) is 24.6 Å². The third-order valence-corrected chi connectivity index (χ3v) is 7.87. The molecule has 1 aliphatic rings. The van der Waals surface area contributed by atoms with E-state index in [1.807, 2.05) is 0 Å². The van der Waals surface area contributed by atoms with Gasteiger partial charge in [0.25, 0.3) is 0 Å². The number of aromatic nitrogens is 4. The predicted molar refractivity (Wildman–Crippen MR) is 95.9 cm³/mol. The summed E-state index contributed by atoms with van der Waals surface area (Å²) in [6.07, 6.45) is 3.07. The average molecular weight is 489 g/mol. The maximum atomic E-state index is 13.4. The van der Waals surface area contributed by atoms with Crippen molar-refractivity contribution in [1.29, 1.82) is 0 Å². The highest BCUT2D eigenvalue weighted by molar-refractivity contribution is 7.66. The SMILES string of the molecule is Nc1ncnc2c1ncn2C1CC(COP(=O)(O)OP(=O)(O)OP(=O)(O)O)/C1=C/F. The maximum absolute atomic E-state index is 13.4. The van der Waals surface area contributed by atoms with Crippen molar-refractivity contribution in [2.24, 2.45) is 5.92 Å². The Labute approximate surface area is 166 Å². The summed E-state index contributed by atoms with van der Waals surface area (Å²) in [4.78, 5) is 47.5. The predicted octanol–water partition coefficient (Wildman–Crippen LogP) is 1.17. The molecule has 0 bridgehead atoms. The molecule has 166 valence electrons. The molecule has 2 heterocycles. The second-order valence-electron chi connectivity index (χ2n) is 6.03. The van der Waals surface area contributed by atoms with E-state index in [1.165, 1.54) is 17.2 Å². The van der Waals surface area contributed by atoms with E-state index in [0.29, 0.717) is 11.2 Å². The van der Waals surface area contributed by atoms with E-state index < -0.39 is 42.0 Å². The summed E-state index contributed by atoms with van der Waals surface area (Å²) in [6.45, 7) is -0.611. The molecule has 30 heavy (non-hydrogen) atoms. The first-order chi connectivity index (χ1) is 13.8. The lowest BCUT2D eigenvalue weighted by atomic mass is 9.75. The number of imidazole rings is 1. The second kappa shape index (κ2) is 8.17. The zero-order valence-electron chi connectivity index (χ0n) is 14.6. The molecule has 0 saturated heterocycles. The monoisotopic (exact) mass is 489 g/mol. The molecule has 2 aromatic heterocycles. The van der Waals surface area contributed by atoms with Gasteiger partial charge in [0.05, 0.1) is 25.3 Å². The van der Waals surface area contributed by atoms with Gasteiger partial charge in [-0.1, -0.05) is 0 Å². The van der Waals surface area contributed by atoms with Crippen molar-refractivity contribution in [2.75, 3.05) is 12.3 Å². The van der Waals surface area contributed by atoms with E-state index in [1.54, 1.807) is 0 Å². The molecule has 1 saturated carbocycles. The van der Waals surface area contributed by atoms with Crippen LogP contribution in [0.3, 0.4) is 0 Å². The van der Waals surface area contributed by atoms with Gasteiger partial charge >= 0.3 is 23.5 Å². The quantitative estimate of drug-likeness (QED) is 0.328. The Morgan fingerprint density at radius 1 is 1.17 bits per heavy atom. The number of anilines is 1. The van der Waals surface area contributed by atoms with Crippen molar-refractivity contribution >= 4 is 40.4 Å². The van der Waals surface area contributed by atoms with Crippen molar-refractivity contribution < 1.29 is 50.8 Å². The van der Waals surface area contributed by atoms with Gasteiger partial charge in [0.2, 0.25) is 0 Å². The van der Waals surface area contributed by atoms with Gasteiger partial charge in [0.15, 0.2) is 11.5 Å². The Kier molecular flexibility index (Phi) is 6.29. The second-order valence-corrected chi connectivity index (χ2v) is 10.4. The van der Waals surface area contributed by atoms with Crippen LogP contribution in [0.2, 0.25) is 0 Å². The smallest absolute Gasteiger partial charge is 0.382 e. The third kappa shape index (κ3) is 5.18. The van der Waals surface area contributed by atoms with E-state index in [9.17, 15) is 23.0 Å². The van der Waals surface area contributed by atoms with E-state index >= 15 is 0 Å². The average Bonchev–Trinajstić information content (AvgIpc) is 2.96. The number of rotatable bonds is 8. The van der Waals surface area contributed by atoms with Crippen LogP contribution >= 0.6 is 23.5 Å². The summed E-state index contributed by atoms with van der Waals surface area (Å²) in [6, 6.07) is -0.552. The van der Waals surface area contributed by atoms with Gasteiger partial charge in [-0.3, -0.25) is 4.52 Å². The molecule has 19 heteroatoms. The number of fused-ring (bicyclic) bond motifs is 1. The number of phosphoric ester groups is 1. The van der Waals surface area contributed by atoms with Crippen LogP contribution in [0.25, 0.3) is 11.2 Å². The molecule has 3 rings (SSSR count). The maximum Gasteiger partial charge on any atom is 0.490 e. The topological polar surface area (TPSA) is 229 Å². The highest BCUT2D eigenvalue weighted by Crippen LogP contribution is 2.66. The fourth-order valence-corrected chi connectivity index (χ4v) is 5.90. The Hall–Kier alpha value is -1.57. The lowest BCUT2D eigenvalue weighted by Crippen LogP contribution is -2.33. The Morgan fingerprint density at radius 2 is 1.87 bits per heavy atom. The lowest BCUT2D eigenvalue weighted by Gasteiger charge is -2.38. The Balaban J connectivity index is 1.65. The fraction of sp³-hybridized carbons (Fsp3) is 0.364. The Morgan fingerprint density at radius 3 is 2.50 bits per heavy atom. The van der Waals surface area contributed by atoms with E-state index in [0.717, 1.165) is 0 Å². The molecule has 0 radical (unpaired) electrons. The third-order valence-electron chi connectivity index (χ3n) is 4.07. The van der Waals surface area contributed by atoms with Crippen LogP contribution in [-0.2, 0) is 26.8 Å². The van der Waals surface area contributed by atoms with Crippen LogP contribution < -0.4 is 5.73 Å². The summed E-state index contributed by atoms with van der Waals surface area (Å²) in [5.41, 5.74) is 6.50. The van der Waals surface area contributed by atoms with Crippen LogP contribution in [0.1, 0.15) is 12.5 Å². The van der Waals surface area contributed by atoms with Gasteiger partial charge in [0.1, 0.15) is 11.8 Å². The molecule has 4 unspecified atom stereocenters. The van der Waals surface area contributed by atoms with Crippen molar-refractivity contribution in [3.05, 3.63) is 24.6 Å². The minimum atomic E-state index is -5.62. The number of hydrogen-bond acceptors (Lipinski definition) is 10. The molecule has 0 amide bonds. The molecule has 15 nitrogen and oxygen atoms in total. The number of phosphoric acid groups is 3. The van der Waals surface area contributed by atoms with Crippen molar-refractivity contribution in [3.8, 4) is 0 Å². The van der Waals surface area contributed by atoms with Crippen LogP contribution in [0.5, 0.6) is 0 Å². The number of nitrogens with two attached hydrogens (primary N) is 1. The molecule has 1 fully saturated rings. The molecule has 0 aliphatic heterocycles. The molecule has 4 atom stereocenters. The highest BCUT2D eigenvalue weighted by atomic mass is 31.3. The van der Waals surface area contributed by atoms with Crippen LogP contribution in [0.4, 0.5) is 10.2 Å². The number of halogens is 1. The summed E-state index contributed by atoms with van der Waals surface area (Å²) >= 11 is 0. The summed E-state index contributed by atoms with van der Waals surface area (Å²) < 4.78 is 60.4. The van der Waals surface area contributed by atoms with Crippen LogP contribution in [0, 0.1) is 5.92 Å². The van der Waals surface area contributed by atoms with Gasteiger partial charge in [-0.15, -0.1) is 0 Å². The zero-order chi connectivity index (χ0) is 22.3. The van der Waals surface area contributed by atoms with E-state index in [-0.39, 0.29) is 24.1 Å². The van der Waals surface area contributed by atoms with Crippen molar-refractivity contribution in [3.63, 3.8) is 0 Å². The summed E-state index contributed by atoms with van der Waals surface area (Å²) in [5.74, 6) is -0.588. The minimum Gasteiger partial charge on any atom is -0.382 e. The lowest BCUT2D eigenvalue weighted by molar-refractivity contribution is 0.135. The standard InChI is InChI=1S/C11H15FN5O10P3/c12-2-7-6(3-25-29(21,22)27-30(23,24)26-28(18,19)20)1-8(7)17-5-16-9-10(13)14-4-15-11(9)17/h2,4-6,8H,1,3H2,(H,21,22)(H,23,24)(H2,13,14,15)(H2,18,19,20)/b7-2-. The van der Waals surface area contributed by atoms with Crippen LogP contribution in [-0.4, -0.2) is 45.7 Å². The molecule has 0 spiro atoms. The van der Waals surface area contributed by atoms with E-state index in [4.69, 9.17) is 20.4 Å². The first kappa shape index (κ1) is 23.1.